The Labute approximate surface area is 880 Å². The molecule has 16 aromatic carbocycles. The Balaban J connectivity index is 0.000000140. The Bertz CT molecular complexity index is 7180. The van der Waals surface area contributed by atoms with Crippen molar-refractivity contribution in [3.63, 3.8) is 0 Å². The van der Waals surface area contributed by atoms with E-state index in [0.29, 0.717) is 50.9 Å². The Kier molecular flexibility index (Phi) is 37.4. The average Bonchev–Trinajstić information content (AvgIpc) is 1.60. The predicted octanol–water partition coefficient (Wildman–Crippen LogP) is 28.1. The molecule has 0 unspecified atom stereocenters. The van der Waals surface area contributed by atoms with Gasteiger partial charge in [0.1, 0.15) is 46.3 Å². The molecule has 130 heavy (non-hydrogen) atoms. The summed E-state index contributed by atoms with van der Waals surface area (Å²) in [4.78, 5) is 28.4. The van der Waals surface area contributed by atoms with Gasteiger partial charge in [-0.05, 0) is 178 Å². The van der Waals surface area contributed by atoms with E-state index in [0.717, 1.165) is 61.9 Å². The number of hydrogen-bond acceptors (Lipinski definition) is 13. The van der Waals surface area contributed by atoms with E-state index in [-0.39, 0.29) is 126 Å². The minimum atomic E-state index is -0.446. The van der Waals surface area contributed by atoms with Crippen LogP contribution in [0.1, 0.15) is 7.43 Å². The van der Waals surface area contributed by atoms with Gasteiger partial charge in [-0.15, -0.1) is 22.7 Å². The Hall–Kier alpha value is -8.78. The maximum absolute atomic E-state index is 8.89. The first kappa shape index (κ1) is 98.7. The number of furan rings is 2. The Morgan fingerprint density at radius 1 is 0.354 bits per heavy atom. The van der Waals surface area contributed by atoms with Gasteiger partial charge in [-0.25, -0.2) is 25.2 Å². The van der Waals surface area contributed by atoms with E-state index >= 15 is 0 Å². The zero-order valence-electron chi connectivity index (χ0n) is 69.0. The largest absolute Gasteiger partial charge is 0.0622 e. The molecule has 633 valence electrons. The Morgan fingerprint density at radius 2 is 0.677 bits per heavy atom. The topological polar surface area (TPSA) is 154 Å². The van der Waals surface area contributed by atoms with Gasteiger partial charge in [0.15, 0.2) is 16.3 Å². The molecular weight excluding hydrogens is 1940 g/mol. The fourth-order valence-electron chi connectivity index (χ4n) is 15.0. The first-order valence-electron chi connectivity index (χ1n) is 39.6. The van der Waals surface area contributed by atoms with Crippen LogP contribution in [-0.2, 0) is 25.6 Å². The molecule has 0 saturated carbocycles. The summed E-state index contributed by atoms with van der Waals surface area (Å²) in [5, 5.41) is 32.8. The van der Waals surface area contributed by atoms with Gasteiger partial charge in [0.05, 0.1) is 0 Å². The van der Waals surface area contributed by atoms with Crippen molar-refractivity contribution in [1.29, 1.82) is 0 Å². The van der Waals surface area contributed by atoms with Gasteiger partial charge in [-0.3, -0.25) is 0 Å². The molecule has 6 heterocycles. The summed E-state index contributed by atoms with van der Waals surface area (Å²) in [6, 6.07) is 139. The van der Waals surface area contributed by atoms with Crippen LogP contribution in [0.5, 0.6) is 5.75 Å². The van der Waals surface area contributed by atoms with Crippen LogP contribution in [0, 0.1) is 0 Å². The molecule has 0 amide bonds. The molecule has 0 fully saturated rings. The zero-order chi connectivity index (χ0) is 87.2. The van der Waals surface area contributed by atoms with Gasteiger partial charge in [-0.2, -0.15) is 0 Å². The third kappa shape index (κ3) is 24.0. The molecular formula is C106H74BCl5K2N4O7P2PdS2-. The summed E-state index contributed by atoms with van der Waals surface area (Å²) in [7, 11) is 9.44. The summed E-state index contributed by atoms with van der Waals surface area (Å²) in [6.07, 6.45) is 2.99. The van der Waals surface area contributed by atoms with Crippen molar-refractivity contribution < 1.29 is 49.4 Å². The molecule has 0 saturated heterocycles. The van der Waals surface area contributed by atoms with Crippen LogP contribution in [0.25, 0.3) is 140 Å². The van der Waals surface area contributed by atoms with Crippen molar-refractivity contribution >= 4 is 326 Å². The smallest absolute Gasteiger partial charge is 0 e. The SMILES string of the molecule is C.Clc1ccc2oc3c(-c4cccc(-c5cccc(-c6cccc7c6sc6ccccc67)c5)c4)ncnc3c2c1.Clc1ccc2oc3c(Cl)ncnc3c2c1.O=[C-]OO.O[B]Oc1cccc(-c2cccc(-c3cccc4c3sc3ccccc34)c2)c1.[Cl][Pd][Cl].[K].[K].c1ccc(P(c2ccccc2)c2ccccc2)cc1.c1ccc(P(c2ccccc2)c2ccccc2)cc1. The molecule has 0 spiro atoms. The summed E-state index contributed by atoms with van der Waals surface area (Å²) in [5.74, 6) is 0.608. The zero-order valence-corrected chi connectivity index (χ0v) is 84.0. The number of carbonyl (C=O) groups excluding carboxylic acids is 1. The molecule has 22 aromatic rings. The number of benzene rings is 16. The molecule has 2 N–H and O–H groups in total. The third-order valence-electron chi connectivity index (χ3n) is 20.5. The van der Waals surface area contributed by atoms with Crippen LogP contribution in [0.15, 0.2) is 422 Å². The molecule has 24 heteroatoms. The van der Waals surface area contributed by atoms with Crippen molar-refractivity contribution in [3.05, 3.63) is 428 Å². The van der Waals surface area contributed by atoms with Gasteiger partial charge in [0.2, 0.25) is 0 Å². The van der Waals surface area contributed by atoms with Crippen molar-refractivity contribution in [2.45, 2.75) is 7.43 Å². The van der Waals surface area contributed by atoms with Crippen LogP contribution in [-0.4, -0.2) is 147 Å². The second-order valence-corrected chi connectivity index (χ2v) is 38.3. The number of fused-ring (bicyclic) bond motifs is 12. The van der Waals surface area contributed by atoms with Crippen LogP contribution in [0.4, 0.5) is 0 Å². The maximum Gasteiger partial charge on any atom is 0 e. The summed E-state index contributed by atoms with van der Waals surface area (Å²) in [6.45, 7) is 0.736. The molecule has 11 nitrogen and oxygen atoms in total. The van der Waals surface area contributed by atoms with Crippen LogP contribution >= 0.6 is 92.4 Å². The fourth-order valence-corrected chi connectivity index (χ4v) is 22.6. The minimum absolute atomic E-state index is 0. The van der Waals surface area contributed by atoms with Gasteiger partial charge in [-0.1, -0.05) is 364 Å². The Morgan fingerprint density at radius 3 is 1.08 bits per heavy atom. The van der Waals surface area contributed by atoms with Crippen LogP contribution < -0.4 is 36.5 Å². The maximum atomic E-state index is 8.89. The number of halogens is 5. The van der Waals surface area contributed by atoms with Crippen LogP contribution in [0.2, 0.25) is 15.2 Å². The summed E-state index contributed by atoms with van der Waals surface area (Å²) < 4.78 is 22.1. The fraction of sp³-hybridized carbons (Fsp3) is 0.00943. The molecule has 0 aliphatic carbocycles. The number of hydrogen-bond donors (Lipinski definition) is 2. The van der Waals surface area contributed by atoms with E-state index in [1.165, 1.54) is 101 Å². The molecule has 3 radical (unpaired) electrons. The molecule has 0 bridgehead atoms. The van der Waals surface area contributed by atoms with Gasteiger partial charge in [0, 0.05) is 169 Å². The van der Waals surface area contributed by atoms with Crippen molar-refractivity contribution in [3.8, 4) is 61.5 Å². The molecule has 0 aliphatic rings. The van der Waals surface area contributed by atoms with E-state index < -0.39 is 15.8 Å². The van der Waals surface area contributed by atoms with Crippen molar-refractivity contribution in [2.75, 3.05) is 0 Å². The molecule has 22 rings (SSSR count). The van der Waals surface area contributed by atoms with E-state index in [2.05, 4.69) is 365 Å². The van der Waals surface area contributed by atoms with E-state index in [4.69, 9.17) is 82.4 Å². The standard InChI is InChI=1S/C34H19ClN2OS.C24H16BO2S.2C18H15P.C10H4Cl2N2O.CHO3.CH4.2ClH.2K.Pd/c35-24-14-15-29-28(18-24)32-33(38-29)31(36-19-37-32)23-9-4-7-21(17-23)20-6-3-8-22(16-20)25-11-5-12-27-26-10-1-2-13-30(26)39-34(25)27;26-25-27-19-9-4-7-17(15-19)16-6-3-8-18(14-16)20-11-5-12-22-21-10-1-2-13-23(21)28-24(20)22;2*1-4-10-16(11-5-1)19(17-12-6-2-7-13-17)18-14-8-3-9-15-18;11-5-1-2-7-6(3-5)8-9(15-7)10(12)14-4-13-8;2-1-4-3;;;;;;/h1-19H;1-15,26H;2*1-15H;1-4H;3H;1H4;2*1H;;;/q;;;;;-1;;;;;;+2/p-2. The number of rotatable bonds is 14. The average molecular weight is 2010 g/mol. The summed E-state index contributed by atoms with van der Waals surface area (Å²) >= 11 is 21.6. The predicted molar refractivity (Wildman–Crippen MR) is 551 cm³/mol. The monoisotopic (exact) mass is 2010 g/mol. The molecule has 0 aliphatic heterocycles. The summed E-state index contributed by atoms with van der Waals surface area (Å²) in [5.41, 5.74) is 15.1. The second kappa shape index (κ2) is 49.3. The number of thiophene rings is 2. The third-order valence-corrected chi connectivity index (χ3v) is 28.6. The van der Waals surface area contributed by atoms with Crippen molar-refractivity contribution in [2.24, 2.45) is 0 Å². The van der Waals surface area contributed by atoms with Crippen molar-refractivity contribution in [1.82, 2.24) is 19.9 Å². The van der Waals surface area contributed by atoms with Gasteiger partial charge in [0.25, 0.3) is 0 Å². The first-order chi connectivity index (χ1) is 62.5. The minimum Gasteiger partial charge on any atom is -0.0622 e. The van der Waals surface area contributed by atoms with E-state index in [1.807, 2.05) is 65.1 Å². The normalized spacial score (nSPS) is 10.6. The number of nitrogens with zero attached hydrogens (tertiary/aromatic N) is 4. The number of aromatic nitrogens is 4. The van der Waals surface area contributed by atoms with E-state index in [9.17, 15) is 0 Å². The van der Waals surface area contributed by atoms with Crippen LogP contribution in [0.3, 0.4) is 0 Å². The molecule has 0 atom stereocenters. The van der Waals surface area contributed by atoms with Gasteiger partial charge >= 0.3 is 42.7 Å². The second-order valence-electron chi connectivity index (χ2n) is 28.2. The first-order valence-corrected chi connectivity index (χ1v) is 49.1. The van der Waals surface area contributed by atoms with E-state index in [1.54, 1.807) is 24.5 Å². The quantitative estimate of drug-likeness (QED) is 0.0267. The van der Waals surface area contributed by atoms with Gasteiger partial charge < -0.3 is 28.2 Å². The molecule has 6 aromatic heterocycles.